The van der Waals surface area contributed by atoms with Crippen LogP contribution in [0.25, 0.3) is 6.08 Å². The molecule has 0 unspecified atom stereocenters. The van der Waals surface area contributed by atoms with Gasteiger partial charge in [0.05, 0.1) is 0 Å². The van der Waals surface area contributed by atoms with Gasteiger partial charge in [0.2, 0.25) is 0 Å². The molecule has 0 aromatic heterocycles. The first-order valence-electron chi connectivity index (χ1n) is 6.51. The first kappa shape index (κ1) is 13.4. The lowest BCUT2D eigenvalue weighted by molar-refractivity contribution is -0.117. The van der Waals surface area contributed by atoms with E-state index < -0.39 is 0 Å². The van der Waals surface area contributed by atoms with Crippen molar-refractivity contribution in [2.45, 2.75) is 39.7 Å². The molecule has 0 bridgehead atoms. The number of hydrogen-bond donors (Lipinski definition) is 1. The average molecular weight is 254 g/mol. The monoisotopic (exact) mass is 254 g/mol. The molecule has 0 saturated heterocycles. The number of benzene rings is 1. The van der Waals surface area contributed by atoms with Crippen molar-refractivity contribution in [3.05, 3.63) is 40.0 Å². The molecule has 1 aliphatic rings. The Morgan fingerprint density at radius 1 is 1.32 bits per heavy atom. The fourth-order valence-corrected chi connectivity index (χ4v) is 2.20. The maximum absolute atomic E-state index is 11.9. The number of aryl methyl sites for hydroxylation is 3. The predicted octanol–water partition coefficient (Wildman–Crippen LogP) is 2.80. The molecule has 2 rings (SSSR count). The first-order valence-corrected chi connectivity index (χ1v) is 6.51. The van der Waals surface area contributed by atoms with Gasteiger partial charge in [-0.2, -0.15) is 5.26 Å². The van der Waals surface area contributed by atoms with Crippen LogP contribution in [0, 0.1) is 32.1 Å². The molecule has 1 aromatic carbocycles. The second-order valence-corrected chi connectivity index (χ2v) is 5.23. The third kappa shape index (κ3) is 3.23. The highest BCUT2D eigenvalue weighted by atomic mass is 16.1. The first-order chi connectivity index (χ1) is 9.01. The van der Waals surface area contributed by atoms with Crippen LogP contribution in [-0.2, 0) is 4.79 Å². The van der Waals surface area contributed by atoms with Crippen molar-refractivity contribution in [1.29, 1.82) is 5.26 Å². The second-order valence-electron chi connectivity index (χ2n) is 5.23. The van der Waals surface area contributed by atoms with Crippen LogP contribution in [0.4, 0.5) is 0 Å². The summed E-state index contributed by atoms with van der Waals surface area (Å²) in [4.78, 5) is 11.9. The zero-order chi connectivity index (χ0) is 14.0. The van der Waals surface area contributed by atoms with Gasteiger partial charge in [-0.05, 0) is 56.4 Å². The van der Waals surface area contributed by atoms with Crippen molar-refractivity contribution >= 4 is 12.0 Å². The minimum atomic E-state index is -0.260. The third-order valence-corrected chi connectivity index (χ3v) is 3.30. The highest BCUT2D eigenvalue weighted by Gasteiger charge is 2.24. The van der Waals surface area contributed by atoms with Gasteiger partial charge in [0.25, 0.3) is 5.91 Å². The second kappa shape index (κ2) is 5.27. The van der Waals surface area contributed by atoms with Gasteiger partial charge in [-0.25, -0.2) is 0 Å². The number of amides is 1. The van der Waals surface area contributed by atoms with Crippen molar-refractivity contribution in [2.24, 2.45) is 0 Å². The van der Waals surface area contributed by atoms with E-state index >= 15 is 0 Å². The van der Waals surface area contributed by atoms with Gasteiger partial charge in [0, 0.05) is 6.04 Å². The quantitative estimate of drug-likeness (QED) is 0.666. The van der Waals surface area contributed by atoms with Crippen molar-refractivity contribution in [2.75, 3.05) is 0 Å². The fourth-order valence-electron chi connectivity index (χ4n) is 2.20. The van der Waals surface area contributed by atoms with E-state index in [1.165, 1.54) is 5.56 Å². The SMILES string of the molecule is Cc1cc(C)c(/C=C(\C#N)C(=O)NC2CC2)c(C)c1. The summed E-state index contributed by atoms with van der Waals surface area (Å²) in [6.45, 7) is 6.04. The summed E-state index contributed by atoms with van der Waals surface area (Å²) < 4.78 is 0. The van der Waals surface area contributed by atoms with E-state index in [1.54, 1.807) is 6.08 Å². The number of carbonyl (C=O) groups excluding carboxylic acids is 1. The third-order valence-electron chi connectivity index (χ3n) is 3.30. The number of nitrogens with one attached hydrogen (secondary N) is 1. The molecule has 0 atom stereocenters. The lowest BCUT2D eigenvalue weighted by atomic mass is 9.98. The van der Waals surface area contributed by atoms with Crippen LogP contribution in [0.2, 0.25) is 0 Å². The Labute approximate surface area is 113 Å². The van der Waals surface area contributed by atoms with Crippen molar-refractivity contribution in [3.8, 4) is 6.07 Å². The zero-order valence-electron chi connectivity index (χ0n) is 11.6. The summed E-state index contributed by atoms with van der Waals surface area (Å²) in [6.07, 6.45) is 3.74. The average Bonchev–Trinajstić information content (AvgIpc) is 3.11. The molecule has 0 radical (unpaired) electrons. The maximum Gasteiger partial charge on any atom is 0.262 e. The van der Waals surface area contributed by atoms with Crippen LogP contribution in [-0.4, -0.2) is 11.9 Å². The smallest absolute Gasteiger partial charge is 0.262 e. The Bertz CT molecular complexity index is 566. The molecule has 1 aromatic rings. The summed E-state index contributed by atoms with van der Waals surface area (Å²) in [5, 5.41) is 12.0. The van der Waals surface area contributed by atoms with Crippen LogP contribution in [0.15, 0.2) is 17.7 Å². The molecule has 0 aliphatic heterocycles. The Hall–Kier alpha value is -2.08. The lowest BCUT2D eigenvalue weighted by Gasteiger charge is -2.08. The molecule has 1 aliphatic carbocycles. The minimum Gasteiger partial charge on any atom is -0.349 e. The maximum atomic E-state index is 11.9. The number of nitrogens with zero attached hydrogens (tertiary/aromatic N) is 1. The van der Waals surface area contributed by atoms with Crippen molar-refractivity contribution in [1.82, 2.24) is 5.32 Å². The minimum absolute atomic E-state index is 0.182. The van der Waals surface area contributed by atoms with Crippen LogP contribution >= 0.6 is 0 Å². The number of nitriles is 1. The summed E-state index contributed by atoms with van der Waals surface area (Å²) in [7, 11) is 0. The molecule has 1 N–H and O–H groups in total. The molecule has 0 heterocycles. The lowest BCUT2D eigenvalue weighted by Crippen LogP contribution is -2.26. The Balaban J connectivity index is 2.32. The zero-order valence-corrected chi connectivity index (χ0v) is 11.6. The van der Waals surface area contributed by atoms with Gasteiger partial charge >= 0.3 is 0 Å². The van der Waals surface area contributed by atoms with Gasteiger partial charge < -0.3 is 5.32 Å². The number of carbonyl (C=O) groups is 1. The molecule has 0 spiro atoms. The highest BCUT2D eigenvalue weighted by Crippen LogP contribution is 2.21. The summed E-state index contributed by atoms with van der Waals surface area (Å²) >= 11 is 0. The molecule has 1 saturated carbocycles. The Kier molecular flexibility index (Phi) is 3.71. The molecular formula is C16H18N2O. The van der Waals surface area contributed by atoms with Gasteiger partial charge in [-0.3, -0.25) is 4.79 Å². The summed E-state index contributed by atoms with van der Waals surface area (Å²) in [5.41, 5.74) is 4.51. The number of rotatable bonds is 3. The number of hydrogen-bond acceptors (Lipinski definition) is 2. The molecule has 1 fully saturated rings. The van der Waals surface area contributed by atoms with E-state index in [0.717, 1.165) is 29.5 Å². The molecule has 3 nitrogen and oxygen atoms in total. The Morgan fingerprint density at radius 3 is 2.37 bits per heavy atom. The fraction of sp³-hybridized carbons (Fsp3) is 0.375. The van der Waals surface area contributed by atoms with E-state index in [1.807, 2.05) is 26.8 Å². The van der Waals surface area contributed by atoms with E-state index in [2.05, 4.69) is 17.4 Å². The molecule has 1 amide bonds. The Morgan fingerprint density at radius 2 is 1.89 bits per heavy atom. The van der Waals surface area contributed by atoms with Crippen LogP contribution in [0.3, 0.4) is 0 Å². The molecule has 19 heavy (non-hydrogen) atoms. The van der Waals surface area contributed by atoms with Gasteiger partial charge in [0.15, 0.2) is 0 Å². The van der Waals surface area contributed by atoms with E-state index in [4.69, 9.17) is 5.26 Å². The summed E-state index contributed by atoms with van der Waals surface area (Å²) in [6, 6.07) is 6.39. The molecule has 3 heteroatoms. The predicted molar refractivity (Wildman–Crippen MR) is 75.4 cm³/mol. The van der Waals surface area contributed by atoms with Crippen LogP contribution in [0.5, 0.6) is 0 Å². The van der Waals surface area contributed by atoms with Crippen molar-refractivity contribution < 1.29 is 4.79 Å². The highest BCUT2D eigenvalue weighted by molar-refractivity contribution is 6.02. The van der Waals surface area contributed by atoms with Crippen LogP contribution in [0.1, 0.15) is 35.1 Å². The molecule has 98 valence electrons. The standard InChI is InChI=1S/C16H18N2O/c1-10-6-11(2)15(12(3)7-10)8-13(9-17)16(19)18-14-4-5-14/h6-8,14H,4-5H2,1-3H3,(H,18,19)/b13-8+. The van der Waals surface area contributed by atoms with Gasteiger partial charge in [0.1, 0.15) is 11.6 Å². The topological polar surface area (TPSA) is 52.9 Å². The van der Waals surface area contributed by atoms with E-state index in [9.17, 15) is 4.79 Å². The normalized spacial score (nSPS) is 14.9. The largest absolute Gasteiger partial charge is 0.349 e. The van der Waals surface area contributed by atoms with E-state index in [0.29, 0.717) is 0 Å². The van der Waals surface area contributed by atoms with E-state index in [-0.39, 0.29) is 17.5 Å². The van der Waals surface area contributed by atoms with Gasteiger partial charge in [-0.15, -0.1) is 0 Å². The van der Waals surface area contributed by atoms with Gasteiger partial charge in [-0.1, -0.05) is 17.7 Å². The van der Waals surface area contributed by atoms with Crippen molar-refractivity contribution in [3.63, 3.8) is 0 Å². The molecular weight excluding hydrogens is 236 g/mol. The van der Waals surface area contributed by atoms with Crippen LogP contribution < -0.4 is 5.32 Å². The summed E-state index contributed by atoms with van der Waals surface area (Å²) in [5.74, 6) is -0.260.